The SMILES string of the molecule is COCC(NC(=O)CCl)c1cccc(C#N)c1. The van der Waals surface area contributed by atoms with E-state index in [0.29, 0.717) is 12.2 Å². The maximum atomic E-state index is 11.3. The predicted molar refractivity (Wildman–Crippen MR) is 64.6 cm³/mol. The number of benzene rings is 1. The molecule has 0 heterocycles. The Morgan fingerprint density at radius 3 is 3.00 bits per heavy atom. The number of nitrogens with one attached hydrogen (secondary N) is 1. The van der Waals surface area contributed by atoms with Crippen molar-refractivity contribution in [2.75, 3.05) is 19.6 Å². The van der Waals surface area contributed by atoms with Gasteiger partial charge in [0.15, 0.2) is 0 Å². The fourth-order valence-corrected chi connectivity index (χ4v) is 1.52. The van der Waals surface area contributed by atoms with Crippen LogP contribution in [0.1, 0.15) is 17.2 Å². The Kier molecular flexibility index (Phi) is 5.47. The standard InChI is InChI=1S/C12H13ClN2O2/c1-17-8-11(15-12(16)6-13)10-4-2-3-9(5-10)7-14/h2-5,11H,6,8H2,1H3,(H,15,16). The summed E-state index contributed by atoms with van der Waals surface area (Å²) in [5.41, 5.74) is 1.37. The van der Waals surface area contributed by atoms with E-state index in [1.54, 1.807) is 25.3 Å². The molecule has 1 aromatic carbocycles. The Balaban J connectivity index is 2.88. The first-order valence-electron chi connectivity index (χ1n) is 5.05. The van der Waals surface area contributed by atoms with E-state index in [2.05, 4.69) is 11.4 Å². The van der Waals surface area contributed by atoms with E-state index in [-0.39, 0.29) is 17.8 Å². The van der Waals surface area contributed by atoms with Crippen LogP contribution in [0.15, 0.2) is 24.3 Å². The van der Waals surface area contributed by atoms with Crippen LogP contribution in [-0.4, -0.2) is 25.5 Å². The van der Waals surface area contributed by atoms with E-state index < -0.39 is 0 Å². The lowest BCUT2D eigenvalue weighted by atomic mass is 10.0. The van der Waals surface area contributed by atoms with Crippen molar-refractivity contribution < 1.29 is 9.53 Å². The van der Waals surface area contributed by atoms with Crippen LogP contribution in [0.4, 0.5) is 0 Å². The summed E-state index contributed by atoms with van der Waals surface area (Å²) in [5, 5.41) is 11.5. The molecule has 1 atom stereocenters. The number of methoxy groups -OCH3 is 1. The third-order valence-corrected chi connectivity index (χ3v) is 2.45. The van der Waals surface area contributed by atoms with Gasteiger partial charge in [-0.3, -0.25) is 4.79 Å². The maximum absolute atomic E-state index is 11.3. The van der Waals surface area contributed by atoms with Gasteiger partial charge in [-0.25, -0.2) is 0 Å². The highest BCUT2D eigenvalue weighted by molar-refractivity contribution is 6.27. The van der Waals surface area contributed by atoms with Crippen LogP contribution in [0.3, 0.4) is 0 Å². The molecule has 0 aliphatic rings. The number of amides is 1. The highest BCUT2D eigenvalue weighted by atomic mass is 35.5. The van der Waals surface area contributed by atoms with Crippen molar-refractivity contribution in [1.29, 1.82) is 5.26 Å². The molecule has 1 aromatic rings. The van der Waals surface area contributed by atoms with Gasteiger partial charge in [-0.2, -0.15) is 5.26 Å². The summed E-state index contributed by atoms with van der Waals surface area (Å²) < 4.78 is 5.04. The van der Waals surface area contributed by atoms with Crippen molar-refractivity contribution in [2.24, 2.45) is 0 Å². The van der Waals surface area contributed by atoms with Gasteiger partial charge in [0.25, 0.3) is 0 Å². The van der Waals surface area contributed by atoms with Crippen LogP contribution in [0.5, 0.6) is 0 Å². The molecular formula is C12H13ClN2O2. The lowest BCUT2D eigenvalue weighted by molar-refractivity contribution is -0.119. The Morgan fingerprint density at radius 1 is 1.65 bits per heavy atom. The molecule has 0 saturated heterocycles. The molecule has 1 unspecified atom stereocenters. The summed E-state index contributed by atoms with van der Waals surface area (Å²) >= 11 is 5.44. The molecule has 1 rings (SSSR count). The number of rotatable bonds is 5. The van der Waals surface area contributed by atoms with E-state index in [9.17, 15) is 4.79 Å². The molecule has 4 nitrogen and oxygen atoms in total. The van der Waals surface area contributed by atoms with Crippen molar-refractivity contribution in [1.82, 2.24) is 5.32 Å². The zero-order valence-corrected chi connectivity index (χ0v) is 10.2. The minimum Gasteiger partial charge on any atom is -0.382 e. The predicted octanol–water partition coefficient (Wildman–Crippen LogP) is 1.60. The molecule has 1 amide bonds. The van der Waals surface area contributed by atoms with Crippen LogP contribution in [0, 0.1) is 11.3 Å². The van der Waals surface area contributed by atoms with Crippen molar-refractivity contribution in [2.45, 2.75) is 6.04 Å². The third kappa shape index (κ3) is 4.06. The molecule has 17 heavy (non-hydrogen) atoms. The summed E-state index contributed by atoms with van der Waals surface area (Å²) in [6, 6.07) is 8.79. The van der Waals surface area contributed by atoms with Gasteiger partial charge in [0, 0.05) is 7.11 Å². The molecule has 0 bridgehead atoms. The Hall–Kier alpha value is -1.57. The second-order valence-corrected chi connectivity index (χ2v) is 3.71. The zero-order chi connectivity index (χ0) is 12.7. The van der Waals surface area contributed by atoms with E-state index >= 15 is 0 Å². The summed E-state index contributed by atoms with van der Waals surface area (Å²) in [4.78, 5) is 11.3. The normalized spacial score (nSPS) is 11.6. The van der Waals surface area contributed by atoms with Crippen LogP contribution in [0.25, 0.3) is 0 Å². The lowest BCUT2D eigenvalue weighted by Gasteiger charge is -2.17. The number of halogens is 1. The maximum Gasteiger partial charge on any atom is 0.235 e. The van der Waals surface area contributed by atoms with Gasteiger partial charge >= 0.3 is 0 Å². The molecule has 5 heteroatoms. The first kappa shape index (κ1) is 13.5. The number of carbonyl (C=O) groups excluding carboxylic acids is 1. The highest BCUT2D eigenvalue weighted by Gasteiger charge is 2.14. The van der Waals surface area contributed by atoms with Gasteiger partial charge in [-0.15, -0.1) is 11.6 Å². The monoisotopic (exact) mass is 252 g/mol. The average molecular weight is 253 g/mol. The first-order chi connectivity index (χ1) is 8.21. The van der Waals surface area contributed by atoms with Gasteiger partial charge < -0.3 is 10.1 Å². The summed E-state index contributed by atoms with van der Waals surface area (Å²) in [5.74, 6) is -0.367. The number of hydrogen-bond acceptors (Lipinski definition) is 3. The van der Waals surface area contributed by atoms with Gasteiger partial charge in [-0.05, 0) is 17.7 Å². The number of ether oxygens (including phenoxy) is 1. The molecule has 0 aromatic heterocycles. The van der Waals surface area contributed by atoms with Crippen LogP contribution >= 0.6 is 11.6 Å². The van der Waals surface area contributed by atoms with Crippen molar-refractivity contribution in [3.63, 3.8) is 0 Å². The molecule has 0 aliphatic heterocycles. The quantitative estimate of drug-likeness (QED) is 0.810. The van der Waals surface area contributed by atoms with Gasteiger partial charge in [0.1, 0.15) is 5.88 Å². The van der Waals surface area contributed by atoms with E-state index in [1.165, 1.54) is 0 Å². The number of carbonyl (C=O) groups is 1. The molecule has 0 aliphatic carbocycles. The fraction of sp³-hybridized carbons (Fsp3) is 0.333. The topological polar surface area (TPSA) is 62.1 Å². The summed E-state index contributed by atoms with van der Waals surface area (Å²) in [6.45, 7) is 0.331. The van der Waals surface area contributed by atoms with Gasteiger partial charge in [0.2, 0.25) is 5.91 Å². The van der Waals surface area contributed by atoms with E-state index in [1.807, 2.05) is 6.07 Å². The molecule has 1 N–H and O–H groups in total. The van der Waals surface area contributed by atoms with Crippen molar-refractivity contribution >= 4 is 17.5 Å². The van der Waals surface area contributed by atoms with Gasteiger partial charge in [-0.1, -0.05) is 12.1 Å². The zero-order valence-electron chi connectivity index (χ0n) is 9.44. The molecule has 0 fully saturated rings. The third-order valence-electron chi connectivity index (χ3n) is 2.21. The molecule has 0 saturated carbocycles. The number of nitrogens with zero attached hydrogens (tertiary/aromatic N) is 1. The molecule has 0 radical (unpaired) electrons. The van der Waals surface area contributed by atoms with Crippen LogP contribution in [0.2, 0.25) is 0 Å². The second-order valence-electron chi connectivity index (χ2n) is 3.45. The van der Waals surface area contributed by atoms with Crippen LogP contribution < -0.4 is 5.32 Å². The molecule has 90 valence electrons. The Labute approximate surface area is 105 Å². The fourth-order valence-electron chi connectivity index (χ4n) is 1.45. The van der Waals surface area contributed by atoms with Crippen molar-refractivity contribution in [3.8, 4) is 6.07 Å². The Bertz CT molecular complexity index is 429. The minimum absolute atomic E-state index is 0.0991. The summed E-state index contributed by atoms with van der Waals surface area (Å²) in [7, 11) is 1.55. The largest absolute Gasteiger partial charge is 0.382 e. The number of nitriles is 1. The molecular weight excluding hydrogens is 240 g/mol. The Morgan fingerprint density at radius 2 is 2.41 bits per heavy atom. The minimum atomic E-state index is -0.292. The summed E-state index contributed by atoms with van der Waals surface area (Å²) in [6.07, 6.45) is 0. The highest BCUT2D eigenvalue weighted by Crippen LogP contribution is 2.15. The smallest absolute Gasteiger partial charge is 0.235 e. The van der Waals surface area contributed by atoms with Gasteiger partial charge in [0.05, 0.1) is 24.3 Å². The average Bonchev–Trinajstić information content (AvgIpc) is 2.38. The second kappa shape index (κ2) is 6.89. The van der Waals surface area contributed by atoms with E-state index in [0.717, 1.165) is 5.56 Å². The molecule has 0 spiro atoms. The number of alkyl halides is 1. The number of hydrogen-bond donors (Lipinski definition) is 1. The lowest BCUT2D eigenvalue weighted by Crippen LogP contribution is -2.32. The van der Waals surface area contributed by atoms with Crippen molar-refractivity contribution in [3.05, 3.63) is 35.4 Å². The van der Waals surface area contributed by atoms with Crippen LogP contribution in [-0.2, 0) is 9.53 Å². The first-order valence-corrected chi connectivity index (χ1v) is 5.59. The van der Waals surface area contributed by atoms with E-state index in [4.69, 9.17) is 21.6 Å².